The van der Waals surface area contributed by atoms with E-state index in [-0.39, 0.29) is 5.92 Å². The van der Waals surface area contributed by atoms with Gasteiger partial charge in [0.1, 0.15) is 0 Å². The van der Waals surface area contributed by atoms with Gasteiger partial charge in [0.2, 0.25) is 0 Å². The average molecular weight is 120 g/mol. The molecule has 1 aliphatic rings. The van der Waals surface area contributed by atoms with E-state index in [4.69, 9.17) is 5.26 Å². The predicted octanol–water partition coefficient (Wildman–Crippen LogP) is 1.36. The van der Waals surface area contributed by atoms with Gasteiger partial charge in [0.05, 0.1) is 12.0 Å². The SMILES string of the molecule is C[C@@H]1C=CN=CC1C#N. The average Bonchev–Trinajstić information content (AvgIpc) is 1.89. The van der Waals surface area contributed by atoms with Crippen molar-refractivity contribution in [1.29, 1.82) is 5.26 Å². The molecule has 0 aromatic heterocycles. The van der Waals surface area contributed by atoms with Crippen LogP contribution in [0.3, 0.4) is 0 Å². The third-order valence-corrected chi connectivity index (χ3v) is 1.44. The molecule has 0 aliphatic carbocycles. The molecule has 0 N–H and O–H groups in total. The van der Waals surface area contributed by atoms with Crippen molar-refractivity contribution in [3.63, 3.8) is 0 Å². The highest BCUT2D eigenvalue weighted by Crippen LogP contribution is 2.13. The van der Waals surface area contributed by atoms with E-state index in [1.807, 2.05) is 13.0 Å². The lowest BCUT2D eigenvalue weighted by Gasteiger charge is -2.10. The van der Waals surface area contributed by atoms with Gasteiger partial charge in [-0.3, -0.25) is 4.99 Å². The van der Waals surface area contributed by atoms with Crippen LogP contribution in [-0.2, 0) is 0 Å². The van der Waals surface area contributed by atoms with Crippen LogP contribution in [0.2, 0.25) is 0 Å². The molecule has 46 valence electrons. The molecular formula is C7H8N2. The van der Waals surface area contributed by atoms with Crippen LogP contribution in [-0.4, -0.2) is 6.21 Å². The summed E-state index contributed by atoms with van der Waals surface area (Å²) in [5, 5.41) is 8.49. The van der Waals surface area contributed by atoms with Gasteiger partial charge in [-0.1, -0.05) is 13.0 Å². The second kappa shape index (κ2) is 2.45. The van der Waals surface area contributed by atoms with Gasteiger partial charge in [-0.15, -0.1) is 0 Å². The molecular weight excluding hydrogens is 112 g/mol. The zero-order valence-electron chi connectivity index (χ0n) is 5.28. The third-order valence-electron chi connectivity index (χ3n) is 1.44. The predicted molar refractivity (Wildman–Crippen MR) is 35.9 cm³/mol. The second-order valence-corrected chi connectivity index (χ2v) is 2.15. The Labute approximate surface area is 54.5 Å². The van der Waals surface area contributed by atoms with Crippen molar-refractivity contribution in [1.82, 2.24) is 0 Å². The van der Waals surface area contributed by atoms with Crippen molar-refractivity contribution in [2.45, 2.75) is 6.92 Å². The van der Waals surface area contributed by atoms with E-state index in [9.17, 15) is 0 Å². The summed E-state index contributed by atoms with van der Waals surface area (Å²) in [4.78, 5) is 3.85. The minimum Gasteiger partial charge on any atom is -0.268 e. The summed E-state index contributed by atoms with van der Waals surface area (Å²) in [6, 6.07) is 2.15. The summed E-state index contributed by atoms with van der Waals surface area (Å²) in [5.41, 5.74) is 0. The topological polar surface area (TPSA) is 36.1 Å². The van der Waals surface area contributed by atoms with Crippen molar-refractivity contribution < 1.29 is 0 Å². The van der Waals surface area contributed by atoms with Crippen LogP contribution < -0.4 is 0 Å². The summed E-state index contributed by atoms with van der Waals surface area (Å²) >= 11 is 0. The Bertz CT molecular complexity index is 186. The zero-order valence-corrected chi connectivity index (χ0v) is 5.28. The molecule has 1 aliphatic heterocycles. The maximum Gasteiger partial charge on any atom is 0.0875 e. The molecule has 0 amide bonds. The number of aliphatic imine (C=N–C) groups is 1. The van der Waals surface area contributed by atoms with Crippen LogP contribution in [0.1, 0.15) is 6.92 Å². The number of nitriles is 1. The van der Waals surface area contributed by atoms with Gasteiger partial charge >= 0.3 is 0 Å². The van der Waals surface area contributed by atoms with E-state index < -0.39 is 0 Å². The van der Waals surface area contributed by atoms with Crippen LogP contribution in [0.4, 0.5) is 0 Å². The van der Waals surface area contributed by atoms with Gasteiger partial charge in [-0.05, 0) is 5.92 Å². The highest BCUT2D eigenvalue weighted by molar-refractivity contribution is 5.66. The molecule has 0 aromatic rings. The summed E-state index contributed by atoms with van der Waals surface area (Å²) in [5.74, 6) is 0.308. The van der Waals surface area contributed by atoms with E-state index in [1.54, 1.807) is 12.4 Å². The van der Waals surface area contributed by atoms with E-state index in [0.29, 0.717) is 5.92 Å². The summed E-state index contributed by atoms with van der Waals surface area (Å²) in [7, 11) is 0. The van der Waals surface area contributed by atoms with E-state index in [0.717, 1.165) is 0 Å². The number of allylic oxidation sites excluding steroid dienone is 1. The van der Waals surface area contributed by atoms with Crippen LogP contribution >= 0.6 is 0 Å². The summed E-state index contributed by atoms with van der Waals surface area (Å²) < 4.78 is 0. The molecule has 2 atom stereocenters. The number of nitrogens with zero attached hydrogens (tertiary/aromatic N) is 2. The van der Waals surface area contributed by atoms with Crippen LogP contribution in [0.5, 0.6) is 0 Å². The van der Waals surface area contributed by atoms with Crippen molar-refractivity contribution >= 4 is 6.21 Å². The lowest BCUT2D eigenvalue weighted by Crippen LogP contribution is -2.10. The zero-order chi connectivity index (χ0) is 6.69. The molecule has 0 saturated carbocycles. The highest BCUT2D eigenvalue weighted by atomic mass is 14.7. The fraction of sp³-hybridized carbons (Fsp3) is 0.429. The first kappa shape index (κ1) is 6.03. The van der Waals surface area contributed by atoms with Crippen molar-refractivity contribution in [3.05, 3.63) is 12.3 Å². The largest absolute Gasteiger partial charge is 0.268 e. The van der Waals surface area contributed by atoms with Crippen LogP contribution in [0, 0.1) is 23.2 Å². The molecule has 0 aromatic carbocycles. The molecule has 2 heteroatoms. The Morgan fingerprint density at radius 2 is 2.44 bits per heavy atom. The first-order valence-electron chi connectivity index (χ1n) is 2.94. The van der Waals surface area contributed by atoms with Gasteiger partial charge in [-0.2, -0.15) is 5.26 Å². The monoisotopic (exact) mass is 120 g/mol. The van der Waals surface area contributed by atoms with E-state index in [1.165, 1.54) is 0 Å². The fourth-order valence-corrected chi connectivity index (χ4v) is 0.734. The molecule has 0 saturated heterocycles. The molecule has 2 nitrogen and oxygen atoms in total. The minimum absolute atomic E-state index is 0.0185. The standard InChI is InChI=1S/C7H8N2/c1-6-2-3-9-5-7(6)4-8/h2-3,5-7H,1H3/t6-,7?/m1/s1. The first-order valence-corrected chi connectivity index (χ1v) is 2.94. The molecule has 1 heterocycles. The molecule has 9 heavy (non-hydrogen) atoms. The molecule has 0 radical (unpaired) electrons. The molecule has 0 bridgehead atoms. The van der Waals surface area contributed by atoms with Crippen molar-refractivity contribution in [2.24, 2.45) is 16.8 Å². The van der Waals surface area contributed by atoms with E-state index >= 15 is 0 Å². The molecule has 0 fully saturated rings. The van der Waals surface area contributed by atoms with Gasteiger partial charge < -0.3 is 0 Å². The second-order valence-electron chi connectivity index (χ2n) is 2.15. The van der Waals surface area contributed by atoms with Gasteiger partial charge in [-0.25, -0.2) is 0 Å². The van der Waals surface area contributed by atoms with Gasteiger partial charge in [0.15, 0.2) is 0 Å². The van der Waals surface area contributed by atoms with Gasteiger partial charge in [0.25, 0.3) is 0 Å². The third kappa shape index (κ3) is 1.17. The normalized spacial score (nSPS) is 32.0. The Balaban J connectivity index is 2.68. The maximum absolute atomic E-state index is 8.49. The first-order chi connectivity index (χ1) is 4.34. The number of hydrogen-bond acceptors (Lipinski definition) is 2. The fourth-order valence-electron chi connectivity index (χ4n) is 0.734. The Morgan fingerprint density at radius 3 is 2.89 bits per heavy atom. The molecule has 1 unspecified atom stereocenters. The van der Waals surface area contributed by atoms with E-state index in [2.05, 4.69) is 11.1 Å². The lowest BCUT2D eigenvalue weighted by atomic mass is 9.95. The maximum atomic E-state index is 8.49. The summed E-state index contributed by atoms with van der Waals surface area (Å²) in [6.45, 7) is 2.01. The van der Waals surface area contributed by atoms with Crippen LogP contribution in [0.25, 0.3) is 0 Å². The highest BCUT2D eigenvalue weighted by Gasteiger charge is 2.12. The number of rotatable bonds is 0. The van der Waals surface area contributed by atoms with Crippen molar-refractivity contribution in [3.8, 4) is 6.07 Å². The van der Waals surface area contributed by atoms with Crippen LogP contribution in [0.15, 0.2) is 17.3 Å². The number of hydrogen-bond donors (Lipinski definition) is 0. The smallest absolute Gasteiger partial charge is 0.0875 e. The molecule has 1 rings (SSSR count). The molecule has 0 spiro atoms. The lowest BCUT2D eigenvalue weighted by molar-refractivity contribution is 0.654. The van der Waals surface area contributed by atoms with Crippen molar-refractivity contribution in [2.75, 3.05) is 0 Å². The Hall–Kier alpha value is -1.10. The van der Waals surface area contributed by atoms with Gasteiger partial charge in [0, 0.05) is 12.4 Å². The Kier molecular flexibility index (Phi) is 1.64. The Morgan fingerprint density at radius 1 is 1.67 bits per heavy atom. The summed E-state index contributed by atoms with van der Waals surface area (Å²) in [6.07, 6.45) is 5.36. The quantitative estimate of drug-likeness (QED) is 0.475. The minimum atomic E-state index is -0.0185.